The molecule has 25 heavy (non-hydrogen) atoms. The predicted molar refractivity (Wildman–Crippen MR) is 86.2 cm³/mol. The smallest absolute Gasteiger partial charge is 0.340 e. The third-order valence-electron chi connectivity index (χ3n) is 2.89. The number of carbonyl (C=O) groups excluding carboxylic acids is 1. The summed E-state index contributed by atoms with van der Waals surface area (Å²) in [6.45, 7) is 1.51. The van der Waals surface area contributed by atoms with E-state index in [-0.39, 0.29) is 22.5 Å². The van der Waals surface area contributed by atoms with Crippen molar-refractivity contribution in [1.82, 2.24) is 10.4 Å². The van der Waals surface area contributed by atoms with Crippen LogP contribution in [0.3, 0.4) is 0 Å². The second-order valence-corrected chi connectivity index (χ2v) is 4.78. The largest absolute Gasteiger partial charge is 0.478 e. The topological polar surface area (TPSA) is 104 Å². The van der Waals surface area contributed by atoms with Crippen LogP contribution in [-0.2, 0) is 0 Å². The maximum atomic E-state index is 13.0. The van der Waals surface area contributed by atoms with Crippen molar-refractivity contribution < 1.29 is 23.5 Å². The summed E-state index contributed by atoms with van der Waals surface area (Å²) < 4.78 is 26.0. The van der Waals surface area contributed by atoms with E-state index in [0.717, 1.165) is 12.1 Å². The van der Waals surface area contributed by atoms with Crippen LogP contribution in [0.4, 0.5) is 19.3 Å². The number of amides is 2. The van der Waals surface area contributed by atoms with Crippen molar-refractivity contribution in [3.8, 4) is 0 Å². The summed E-state index contributed by atoms with van der Waals surface area (Å²) in [6, 6.07) is 4.52. The van der Waals surface area contributed by atoms with Gasteiger partial charge in [-0.25, -0.2) is 23.8 Å². The lowest BCUT2D eigenvalue weighted by Gasteiger charge is -2.04. The van der Waals surface area contributed by atoms with E-state index in [1.54, 1.807) is 0 Å². The number of carboxylic acids is 1. The highest BCUT2D eigenvalue weighted by molar-refractivity contribution is 5.98. The fraction of sp³-hybridized carbons (Fsp3) is 0.0625. The predicted octanol–water partition coefficient (Wildman–Crippen LogP) is 2.87. The van der Waals surface area contributed by atoms with Crippen LogP contribution < -0.4 is 10.7 Å². The molecule has 1 heterocycles. The zero-order chi connectivity index (χ0) is 18.4. The number of halogens is 2. The number of carboxylic acid groups (broad SMARTS) is 1. The normalized spacial score (nSPS) is 9.72. The maximum Gasteiger partial charge on any atom is 0.340 e. The van der Waals surface area contributed by atoms with Crippen molar-refractivity contribution in [2.24, 2.45) is 5.10 Å². The maximum absolute atomic E-state index is 13.0. The van der Waals surface area contributed by atoms with Crippen molar-refractivity contribution in [1.29, 1.82) is 0 Å². The van der Waals surface area contributed by atoms with Crippen LogP contribution in [0.2, 0.25) is 0 Å². The van der Waals surface area contributed by atoms with E-state index in [2.05, 4.69) is 21.3 Å². The van der Waals surface area contributed by atoms with E-state index < -0.39 is 23.6 Å². The standard InChI is InChI=1S/C16H12F2N4O3/c1-9(14-13(15(23)24)3-2-4-19-14)8-20-22-16(25)21-12-6-10(17)5-11(18)7-12/h2-7H,1H3,(H,23,24)(H2,21,22,25). The van der Waals surface area contributed by atoms with Crippen LogP contribution in [0.1, 0.15) is 23.0 Å². The molecule has 1 aromatic heterocycles. The van der Waals surface area contributed by atoms with Crippen molar-refractivity contribution in [3.63, 3.8) is 0 Å². The molecule has 2 amide bonds. The molecule has 128 valence electrons. The van der Waals surface area contributed by atoms with E-state index in [9.17, 15) is 18.4 Å². The number of pyridine rings is 1. The molecule has 0 aliphatic rings. The molecule has 0 aliphatic heterocycles. The zero-order valence-electron chi connectivity index (χ0n) is 12.9. The lowest BCUT2D eigenvalue weighted by atomic mass is 10.1. The number of nitrogens with zero attached hydrogens (tertiary/aromatic N) is 2. The Bertz CT molecular complexity index is 872. The summed E-state index contributed by atoms with van der Waals surface area (Å²) in [7, 11) is 0. The molecule has 0 saturated heterocycles. The first-order chi connectivity index (χ1) is 11.9. The molecular weight excluding hydrogens is 334 g/mol. The number of benzene rings is 1. The van der Waals surface area contributed by atoms with Gasteiger partial charge in [-0.15, -0.1) is 5.10 Å². The summed E-state index contributed by atoms with van der Waals surface area (Å²) in [5.41, 5.74) is 2.33. The van der Waals surface area contributed by atoms with Gasteiger partial charge < -0.3 is 10.4 Å². The SMILES string of the molecule is CC(=C=NNC(=O)Nc1cc(F)cc(F)c1)c1ncccc1C(=O)O. The first-order valence-corrected chi connectivity index (χ1v) is 6.88. The van der Waals surface area contributed by atoms with E-state index in [1.807, 2.05) is 5.43 Å². The Morgan fingerprint density at radius 3 is 2.56 bits per heavy atom. The average molecular weight is 346 g/mol. The lowest BCUT2D eigenvalue weighted by molar-refractivity contribution is 0.0696. The number of aromatic nitrogens is 1. The highest BCUT2D eigenvalue weighted by Gasteiger charge is 2.11. The van der Waals surface area contributed by atoms with Gasteiger partial charge >= 0.3 is 12.0 Å². The quantitative estimate of drug-likeness (QED) is 0.585. The van der Waals surface area contributed by atoms with Crippen molar-refractivity contribution >= 4 is 29.1 Å². The van der Waals surface area contributed by atoms with Crippen molar-refractivity contribution in [2.45, 2.75) is 6.92 Å². The molecule has 7 nitrogen and oxygen atoms in total. The Labute approximate surface area is 140 Å². The summed E-state index contributed by atoms with van der Waals surface area (Å²) >= 11 is 0. The van der Waals surface area contributed by atoms with Gasteiger partial charge in [0.1, 0.15) is 11.6 Å². The lowest BCUT2D eigenvalue weighted by Crippen LogP contribution is -2.24. The zero-order valence-corrected chi connectivity index (χ0v) is 12.9. The van der Waals surface area contributed by atoms with Gasteiger partial charge in [-0.2, -0.15) is 0 Å². The van der Waals surface area contributed by atoms with Crippen LogP contribution in [-0.4, -0.2) is 28.0 Å². The second kappa shape index (κ2) is 7.80. The van der Waals surface area contributed by atoms with Gasteiger partial charge in [0.25, 0.3) is 0 Å². The molecule has 0 saturated carbocycles. The molecule has 0 radical (unpaired) electrons. The van der Waals surface area contributed by atoms with Gasteiger partial charge in [-0.3, -0.25) is 4.98 Å². The highest BCUT2D eigenvalue weighted by atomic mass is 19.1. The molecule has 3 N–H and O–H groups in total. The molecule has 2 aromatic rings. The highest BCUT2D eigenvalue weighted by Crippen LogP contribution is 2.14. The average Bonchev–Trinajstić information content (AvgIpc) is 2.53. The number of allylic oxidation sites excluding steroid dienone is 1. The molecule has 9 heteroatoms. The monoisotopic (exact) mass is 346 g/mol. The minimum absolute atomic E-state index is 0.0395. The number of hydrazone groups is 1. The molecule has 0 aliphatic carbocycles. The van der Waals surface area contributed by atoms with Gasteiger partial charge in [0.05, 0.1) is 11.3 Å². The first-order valence-electron chi connectivity index (χ1n) is 6.88. The molecular formula is C16H12F2N4O3. The van der Waals surface area contributed by atoms with Crippen molar-refractivity contribution in [2.75, 3.05) is 5.32 Å². The van der Waals surface area contributed by atoms with Crippen LogP contribution in [0.5, 0.6) is 0 Å². The molecule has 0 unspecified atom stereocenters. The van der Waals surface area contributed by atoms with Gasteiger partial charge in [0.2, 0.25) is 0 Å². The van der Waals surface area contributed by atoms with Gasteiger partial charge in [-0.05, 0) is 31.2 Å². The number of anilines is 1. The van der Waals surface area contributed by atoms with E-state index >= 15 is 0 Å². The third kappa shape index (κ3) is 4.95. The molecule has 0 spiro atoms. The van der Waals surface area contributed by atoms with Crippen LogP contribution in [0.15, 0.2) is 41.6 Å². The van der Waals surface area contributed by atoms with Gasteiger partial charge in [-0.1, -0.05) is 0 Å². The number of urea groups is 1. The Morgan fingerprint density at radius 2 is 1.92 bits per heavy atom. The Morgan fingerprint density at radius 1 is 1.24 bits per heavy atom. The van der Waals surface area contributed by atoms with E-state index in [1.165, 1.54) is 25.3 Å². The fourth-order valence-corrected chi connectivity index (χ4v) is 1.88. The summed E-state index contributed by atoms with van der Waals surface area (Å²) in [4.78, 5) is 26.7. The van der Waals surface area contributed by atoms with E-state index in [0.29, 0.717) is 6.07 Å². The third-order valence-corrected chi connectivity index (χ3v) is 2.89. The Kier molecular flexibility index (Phi) is 5.54. The number of hydrogen-bond donors (Lipinski definition) is 3. The van der Waals surface area contributed by atoms with Crippen molar-refractivity contribution in [3.05, 3.63) is 59.4 Å². The molecule has 2 rings (SSSR count). The van der Waals surface area contributed by atoms with Gasteiger partial charge in [0, 0.05) is 29.4 Å². The minimum Gasteiger partial charge on any atom is -0.478 e. The number of nitrogens with one attached hydrogen (secondary N) is 2. The Balaban J connectivity index is 2.10. The molecule has 0 bridgehead atoms. The number of rotatable bonds is 4. The van der Waals surface area contributed by atoms with E-state index in [4.69, 9.17) is 5.11 Å². The van der Waals surface area contributed by atoms with Gasteiger partial charge in [0.15, 0.2) is 0 Å². The fourth-order valence-electron chi connectivity index (χ4n) is 1.88. The number of hydrogen-bond acceptors (Lipinski definition) is 4. The van der Waals surface area contributed by atoms with Crippen LogP contribution in [0.25, 0.3) is 5.57 Å². The molecule has 0 atom stereocenters. The summed E-state index contributed by atoms with van der Waals surface area (Å²) in [6.07, 6.45) is 1.41. The molecule has 0 fully saturated rings. The van der Waals surface area contributed by atoms with Crippen LogP contribution >= 0.6 is 0 Å². The number of carbonyl (C=O) groups is 2. The Hall–Kier alpha value is -3.58. The number of aromatic carboxylic acids is 1. The summed E-state index contributed by atoms with van der Waals surface area (Å²) in [5, 5.41) is 14.8. The second-order valence-electron chi connectivity index (χ2n) is 4.78. The van der Waals surface area contributed by atoms with Crippen LogP contribution in [0, 0.1) is 11.6 Å². The summed E-state index contributed by atoms with van der Waals surface area (Å²) in [5.74, 6) is -0.418. The minimum atomic E-state index is -1.16. The first kappa shape index (κ1) is 17.8. The molecule has 1 aromatic carbocycles.